The first kappa shape index (κ1) is 15.1. The minimum Gasteiger partial charge on any atom is -0.508 e. The van der Waals surface area contributed by atoms with Gasteiger partial charge in [0, 0.05) is 11.3 Å². The molecule has 0 spiro atoms. The third-order valence-corrected chi connectivity index (χ3v) is 3.43. The predicted octanol–water partition coefficient (Wildman–Crippen LogP) is 2.18. The van der Waals surface area contributed by atoms with Crippen molar-refractivity contribution in [3.05, 3.63) is 54.1 Å². The number of para-hydroxylation sites is 1. The Bertz CT molecular complexity index is 732. The van der Waals surface area contributed by atoms with E-state index >= 15 is 0 Å². The van der Waals surface area contributed by atoms with Crippen molar-refractivity contribution in [3.63, 3.8) is 0 Å². The topological polar surface area (TPSA) is 104 Å². The summed E-state index contributed by atoms with van der Waals surface area (Å²) in [6.45, 7) is 1.90. The lowest BCUT2D eigenvalue weighted by Gasteiger charge is -2.17. The molecule has 0 aliphatic heterocycles. The van der Waals surface area contributed by atoms with E-state index in [9.17, 15) is 13.5 Å². The van der Waals surface area contributed by atoms with E-state index < -0.39 is 10.2 Å². The standard InChI is InChI=1S/C14H17N3O3S/c1-10(13-7-2-3-8-14(13)18)16-11-5-4-6-12(9-11)17-21(15,19)20/h2-10,16-18H,1H3,(H2,15,19,20). The summed E-state index contributed by atoms with van der Waals surface area (Å²) in [6.07, 6.45) is 0. The first-order valence-corrected chi connectivity index (χ1v) is 7.85. The molecule has 1 unspecified atom stereocenters. The van der Waals surface area contributed by atoms with Crippen LogP contribution in [0.3, 0.4) is 0 Å². The van der Waals surface area contributed by atoms with Crippen LogP contribution in [0.1, 0.15) is 18.5 Å². The van der Waals surface area contributed by atoms with E-state index in [0.717, 1.165) is 5.56 Å². The van der Waals surface area contributed by atoms with Gasteiger partial charge in [-0.1, -0.05) is 24.3 Å². The highest BCUT2D eigenvalue weighted by molar-refractivity contribution is 7.90. The van der Waals surface area contributed by atoms with Crippen molar-refractivity contribution in [1.29, 1.82) is 0 Å². The molecule has 2 aromatic carbocycles. The maximum Gasteiger partial charge on any atom is 0.296 e. The molecule has 6 nitrogen and oxygen atoms in total. The van der Waals surface area contributed by atoms with Crippen LogP contribution < -0.4 is 15.2 Å². The number of rotatable bonds is 5. The van der Waals surface area contributed by atoms with Crippen molar-refractivity contribution in [3.8, 4) is 5.75 Å². The summed E-state index contributed by atoms with van der Waals surface area (Å²) in [5, 5.41) is 17.9. The molecule has 7 heteroatoms. The monoisotopic (exact) mass is 307 g/mol. The summed E-state index contributed by atoms with van der Waals surface area (Å²) in [5.74, 6) is 0.205. The molecule has 2 rings (SSSR count). The minimum atomic E-state index is -3.80. The number of hydrogen-bond acceptors (Lipinski definition) is 4. The zero-order chi connectivity index (χ0) is 15.5. The molecule has 0 bridgehead atoms. The fourth-order valence-corrected chi connectivity index (χ4v) is 2.47. The Labute approximate surface area is 123 Å². The third-order valence-electron chi connectivity index (χ3n) is 2.91. The highest BCUT2D eigenvalue weighted by Crippen LogP contribution is 2.27. The number of hydrogen-bond donors (Lipinski definition) is 4. The molecular formula is C14H17N3O3S. The fraction of sp³-hybridized carbons (Fsp3) is 0.143. The van der Waals surface area contributed by atoms with Crippen LogP contribution in [0, 0.1) is 0 Å². The minimum absolute atomic E-state index is 0.143. The molecule has 1 atom stereocenters. The van der Waals surface area contributed by atoms with Crippen molar-refractivity contribution in [2.45, 2.75) is 13.0 Å². The number of nitrogens with one attached hydrogen (secondary N) is 2. The van der Waals surface area contributed by atoms with Crippen molar-refractivity contribution < 1.29 is 13.5 Å². The molecule has 2 aromatic rings. The smallest absolute Gasteiger partial charge is 0.296 e. The molecule has 0 aliphatic rings. The van der Waals surface area contributed by atoms with E-state index in [1.54, 1.807) is 36.4 Å². The zero-order valence-electron chi connectivity index (χ0n) is 11.4. The second-order valence-electron chi connectivity index (χ2n) is 4.65. The summed E-state index contributed by atoms with van der Waals surface area (Å²) in [4.78, 5) is 0. The maximum atomic E-state index is 11.0. The SMILES string of the molecule is CC(Nc1cccc(NS(N)(=O)=O)c1)c1ccccc1O. The van der Waals surface area contributed by atoms with Crippen LogP contribution in [0.2, 0.25) is 0 Å². The van der Waals surface area contributed by atoms with Crippen LogP contribution in [0.15, 0.2) is 48.5 Å². The van der Waals surface area contributed by atoms with Gasteiger partial charge in [0.05, 0.1) is 11.7 Å². The van der Waals surface area contributed by atoms with Crippen molar-refractivity contribution in [2.75, 3.05) is 10.0 Å². The summed E-state index contributed by atoms with van der Waals surface area (Å²) >= 11 is 0. The molecule has 21 heavy (non-hydrogen) atoms. The van der Waals surface area contributed by atoms with Gasteiger partial charge in [0.25, 0.3) is 10.2 Å². The van der Waals surface area contributed by atoms with Crippen LogP contribution in [-0.4, -0.2) is 13.5 Å². The Balaban J connectivity index is 2.16. The lowest BCUT2D eigenvalue weighted by molar-refractivity contribution is 0.465. The molecule has 0 aromatic heterocycles. The van der Waals surface area contributed by atoms with Crippen molar-refractivity contribution in [2.24, 2.45) is 5.14 Å². The van der Waals surface area contributed by atoms with Gasteiger partial charge < -0.3 is 10.4 Å². The van der Waals surface area contributed by atoms with Crippen LogP contribution >= 0.6 is 0 Å². The van der Waals surface area contributed by atoms with Gasteiger partial charge in [0.1, 0.15) is 5.75 Å². The van der Waals surface area contributed by atoms with Gasteiger partial charge in [-0.25, -0.2) is 5.14 Å². The zero-order valence-corrected chi connectivity index (χ0v) is 12.3. The molecule has 112 valence electrons. The van der Waals surface area contributed by atoms with Gasteiger partial charge >= 0.3 is 0 Å². The first-order valence-electron chi connectivity index (χ1n) is 6.30. The molecule has 0 heterocycles. The molecule has 0 fully saturated rings. The molecule has 0 saturated heterocycles. The lowest BCUT2D eigenvalue weighted by atomic mass is 10.1. The molecular weight excluding hydrogens is 290 g/mol. The van der Waals surface area contributed by atoms with Crippen molar-refractivity contribution >= 4 is 21.6 Å². The highest BCUT2D eigenvalue weighted by atomic mass is 32.2. The normalized spacial score (nSPS) is 12.7. The second-order valence-corrected chi connectivity index (χ2v) is 5.95. The van der Waals surface area contributed by atoms with Crippen LogP contribution in [-0.2, 0) is 10.2 Å². The first-order chi connectivity index (χ1) is 9.85. The quantitative estimate of drug-likeness (QED) is 0.679. The number of aromatic hydroxyl groups is 1. The second kappa shape index (κ2) is 6.02. The average Bonchev–Trinajstić information content (AvgIpc) is 2.37. The van der Waals surface area contributed by atoms with Crippen LogP contribution in [0.25, 0.3) is 0 Å². The third kappa shape index (κ3) is 4.37. The summed E-state index contributed by atoms with van der Waals surface area (Å²) in [6, 6.07) is 13.6. The van der Waals surface area contributed by atoms with Crippen LogP contribution in [0.5, 0.6) is 5.75 Å². The number of phenols is 1. The molecule has 5 N–H and O–H groups in total. The fourth-order valence-electron chi connectivity index (χ4n) is 2.02. The van der Waals surface area contributed by atoms with E-state index in [4.69, 9.17) is 5.14 Å². The summed E-state index contributed by atoms with van der Waals surface area (Å²) in [5.41, 5.74) is 1.83. The average molecular weight is 307 g/mol. The number of nitrogens with two attached hydrogens (primary N) is 1. The maximum absolute atomic E-state index is 11.0. The summed E-state index contributed by atoms with van der Waals surface area (Å²) < 4.78 is 24.2. The van der Waals surface area contributed by atoms with Gasteiger partial charge in [-0.2, -0.15) is 8.42 Å². The Hall–Kier alpha value is -2.25. The highest BCUT2D eigenvalue weighted by Gasteiger charge is 2.10. The van der Waals surface area contributed by atoms with E-state index in [1.165, 1.54) is 0 Å². The van der Waals surface area contributed by atoms with E-state index in [1.807, 2.05) is 19.1 Å². The van der Waals surface area contributed by atoms with Gasteiger partial charge in [0.2, 0.25) is 0 Å². The van der Waals surface area contributed by atoms with E-state index in [2.05, 4.69) is 10.0 Å². The predicted molar refractivity (Wildman–Crippen MR) is 83.3 cm³/mol. The molecule has 0 amide bonds. The van der Waals surface area contributed by atoms with Gasteiger partial charge in [-0.3, -0.25) is 4.72 Å². The molecule has 0 radical (unpaired) electrons. The Morgan fingerprint density at radius 2 is 1.76 bits per heavy atom. The van der Waals surface area contributed by atoms with E-state index in [-0.39, 0.29) is 11.8 Å². The Morgan fingerprint density at radius 3 is 2.43 bits per heavy atom. The van der Waals surface area contributed by atoms with Gasteiger partial charge in [-0.15, -0.1) is 0 Å². The number of anilines is 2. The lowest BCUT2D eigenvalue weighted by Crippen LogP contribution is -2.21. The molecule has 0 aliphatic carbocycles. The van der Waals surface area contributed by atoms with Gasteiger partial charge in [0.15, 0.2) is 0 Å². The van der Waals surface area contributed by atoms with Crippen LogP contribution in [0.4, 0.5) is 11.4 Å². The summed E-state index contributed by atoms with van der Waals surface area (Å²) in [7, 11) is -3.80. The van der Waals surface area contributed by atoms with Gasteiger partial charge in [-0.05, 0) is 31.2 Å². The van der Waals surface area contributed by atoms with Crippen molar-refractivity contribution in [1.82, 2.24) is 0 Å². The Morgan fingerprint density at radius 1 is 1.10 bits per heavy atom. The number of phenolic OH excluding ortho intramolecular Hbond substituents is 1. The largest absolute Gasteiger partial charge is 0.508 e. The molecule has 0 saturated carbocycles. The van der Waals surface area contributed by atoms with E-state index in [0.29, 0.717) is 11.4 Å². The number of benzene rings is 2. The Kier molecular flexibility index (Phi) is 4.35.